The molecule has 4 heteroatoms. The predicted molar refractivity (Wildman–Crippen MR) is 67.1 cm³/mol. The molecule has 1 N–H and O–H groups in total. The Bertz CT molecular complexity index is 614. The second kappa shape index (κ2) is 3.96. The van der Waals surface area contributed by atoms with Crippen LogP contribution in [0.1, 0.15) is 5.56 Å². The lowest BCUT2D eigenvalue weighted by Gasteiger charge is -2.27. The molecule has 88 valence electrons. The van der Waals surface area contributed by atoms with Crippen molar-refractivity contribution in [1.29, 1.82) is 0 Å². The number of aromatic nitrogens is 2. The number of hydrogen-bond donors (Lipinski definition) is 1. The molecule has 1 aliphatic heterocycles. The van der Waals surface area contributed by atoms with Crippen molar-refractivity contribution in [2.24, 2.45) is 5.92 Å². The minimum Gasteiger partial charge on any atom is -0.316 e. The van der Waals surface area contributed by atoms with E-state index in [2.05, 4.69) is 10.3 Å². The monoisotopic (exact) mass is 229 g/mol. The fourth-order valence-electron chi connectivity index (χ4n) is 2.22. The molecule has 3 rings (SSSR count). The van der Waals surface area contributed by atoms with Crippen molar-refractivity contribution in [1.82, 2.24) is 14.9 Å². The Morgan fingerprint density at radius 2 is 2.29 bits per heavy atom. The average molecular weight is 229 g/mol. The van der Waals surface area contributed by atoms with E-state index < -0.39 is 0 Å². The van der Waals surface area contributed by atoms with Gasteiger partial charge in [-0.3, -0.25) is 9.36 Å². The Kier molecular flexibility index (Phi) is 2.44. The number of para-hydroxylation sites is 1. The Labute approximate surface area is 99.3 Å². The van der Waals surface area contributed by atoms with Gasteiger partial charge in [0.05, 0.1) is 17.2 Å². The van der Waals surface area contributed by atoms with Gasteiger partial charge in [-0.05, 0) is 18.6 Å². The van der Waals surface area contributed by atoms with Gasteiger partial charge < -0.3 is 5.32 Å². The number of rotatable bonds is 2. The summed E-state index contributed by atoms with van der Waals surface area (Å²) in [4.78, 5) is 16.7. The van der Waals surface area contributed by atoms with Gasteiger partial charge in [-0.2, -0.15) is 0 Å². The van der Waals surface area contributed by atoms with Gasteiger partial charge in [0.25, 0.3) is 5.56 Å². The first-order chi connectivity index (χ1) is 8.25. The summed E-state index contributed by atoms with van der Waals surface area (Å²) in [5, 5.41) is 3.93. The van der Waals surface area contributed by atoms with Crippen LogP contribution in [-0.4, -0.2) is 22.6 Å². The molecule has 17 heavy (non-hydrogen) atoms. The highest BCUT2D eigenvalue weighted by molar-refractivity contribution is 5.80. The Morgan fingerprint density at radius 1 is 1.47 bits per heavy atom. The summed E-state index contributed by atoms with van der Waals surface area (Å²) in [5.41, 5.74) is 1.95. The summed E-state index contributed by atoms with van der Waals surface area (Å²) in [5.74, 6) is 0.566. The standard InChI is InChI=1S/C13H15N3O/c1-9-3-2-4-11-12(9)15-8-16(13(11)17)7-10-5-14-6-10/h2-4,8,10,14H,5-7H2,1H3. The number of hydrogen-bond acceptors (Lipinski definition) is 3. The zero-order valence-corrected chi connectivity index (χ0v) is 9.81. The van der Waals surface area contributed by atoms with Crippen molar-refractivity contribution in [3.63, 3.8) is 0 Å². The summed E-state index contributed by atoms with van der Waals surface area (Å²) in [6.07, 6.45) is 1.68. The zero-order valence-electron chi connectivity index (χ0n) is 9.81. The molecule has 0 radical (unpaired) electrons. The molecule has 1 aromatic carbocycles. The minimum atomic E-state index is 0.0746. The molecule has 1 aromatic heterocycles. The quantitative estimate of drug-likeness (QED) is 0.833. The van der Waals surface area contributed by atoms with Crippen LogP contribution in [-0.2, 0) is 6.54 Å². The highest BCUT2D eigenvalue weighted by Gasteiger charge is 2.18. The predicted octanol–water partition coefficient (Wildman–Crippen LogP) is 0.924. The number of benzene rings is 1. The van der Waals surface area contributed by atoms with Crippen LogP contribution in [0, 0.1) is 12.8 Å². The van der Waals surface area contributed by atoms with Crippen molar-refractivity contribution in [3.05, 3.63) is 40.4 Å². The molecule has 1 fully saturated rings. The van der Waals surface area contributed by atoms with Crippen LogP contribution in [0.5, 0.6) is 0 Å². The topological polar surface area (TPSA) is 46.9 Å². The molecule has 0 saturated carbocycles. The van der Waals surface area contributed by atoms with Crippen LogP contribution in [0.15, 0.2) is 29.3 Å². The molecule has 0 atom stereocenters. The van der Waals surface area contributed by atoms with Crippen LogP contribution in [0.2, 0.25) is 0 Å². The normalized spacial score (nSPS) is 16.1. The molecule has 0 amide bonds. The first-order valence-electron chi connectivity index (χ1n) is 5.91. The van der Waals surface area contributed by atoms with E-state index in [0.717, 1.165) is 36.1 Å². The van der Waals surface area contributed by atoms with Crippen molar-refractivity contribution in [2.75, 3.05) is 13.1 Å². The maximum atomic E-state index is 12.3. The molecule has 0 unspecified atom stereocenters. The van der Waals surface area contributed by atoms with Crippen LogP contribution in [0.25, 0.3) is 10.9 Å². The first-order valence-corrected chi connectivity index (χ1v) is 5.91. The van der Waals surface area contributed by atoms with Crippen LogP contribution in [0.3, 0.4) is 0 Å². The summed E-state index contributed by atoms with van der Waals surface area (Å²) in [6, 6.07) is 5.75. The van der Waals surface area contributed by atoms with Crippen LogP contribution >= 0.6 is 0 Å². The van der Waals surface area contributed by atoms with Gasteiger partial charge >= 0.3 is 0 Å². The summed E-state index contributed by atoms with van der Waals surface area (Å²) < 4.78 is 1.73. The molecule has 1 saturated heterocycles. The van der Waals surface area contributed by atoms with Crippen molar-refractivity contribution >= 4 is 10.9 Å². The van der Waals surface area contributed by atoms with Gasteiger partial charge in [0.2, 0.25) is 0 Å². The fraction of sp³-hybridized carbons (Fsp3) is 0.385. The van der Waals surface area contributed by atoms with E-state index in [9.17, 15) is 4.79 Å². The smallest absolute Gasteiger partial charge is 0.261 e. The third-order valence-corrected chi connectivity index (χ3v) is 3.38. The molecule has 4 nitrogen and oxygen atoms in total. The Morgan fingerprint density at radius 3 is 3.00 bits per heavy atom. The SMILES string of the molecule is Cc1cccc2c(=O)n(CC3CNC3)cnc12. The van der Waals surface area contributed by atoms with Crippen molar-refractivity contribution < 1.29 is 0 Å². The van der Waals surface area contributed by atoms with Gasteiger partial charge in [-0.25, -0.2) is 4.98 Å². The number of fused-ring (bicyclic) bond motifs is 1. The Balaban J connectivity index is 2.09. The van der Waals surface area contributed by atoms with Crippen LogP contribution in [0.4, 0.5) is 0 Å². The van der Waals surface area contributed by atoms with Gasteiger partial charge in [-0.1, -0.05) is 12.1 Å². The largest absolute Gasteiger partial charge is 0.316 e. The van der Waals surface area contributed by atoms with E-state index in [1.165, 1.54) is 0 Å². The number of nitrogens with zero attached hydrogens (tertiary/aromatic N) is 2. The summed E-state index contributed by atoms with van der Waals surface area (Å²) in [7, 11) is 0. The maximum absolute atomic E-state index is 12.3. The molecule has 2 heterocycles. The van der Waals surface area contributed by atoms with E-state index in [1.807, 2.05) is 25.1 Å². The third kappa shape index (κ3) is 1.74. The number of aryl methyl sites for hydroxylation is 1. The minimum absolute atomic E-state index is 0.0746. The van der Waals surface area contributed by atoms with Gasteiger partial charge in [-0.15, -0.1) is 0 Å². The van der Waals surface area contributed by atoms with Crippen molar-refractivity contribution in [3.8, 4) is 0 Å². The zero-order chi connectivity index (χ0) is 11.8. The molecular weight excluding hydrogens is 214 g/mol. The second-order valence-electron chi connectivity index (χ2n) is 4.70. The molecule has 2 aromatic rings. The maximum Gasteiger partial charge on any atom is 0.261 e. The van der Waals surface area contributed by atoms with Crippen molar-refractivity contribution in [2.45, 2.75) is 13.5 Å². The van der Waals surface area contributed by atoms with E-state index in [0.29, 0.717) is 5.92 Å². The third-order valence-electron chi connectivity index (χ3n) is 3.38. The molecular formula is C13H15N3O. The summed E-state index contributed by atoms with van der Waals surface area (Å²) >= 11 is 0. The fourth-order valence-corrected chi connectivity index (χ4v) is 2.22. The highest BCUT2D eigenvalue weighted by Crippen LogP contribution is 2.12. The van der Waals surface area contributed by atoms with E-state index in [4.69, 9.17) is 0 Å². The van der Waals surface area contributed by atoms with E-state index >= 15 is 0 Å². The van der Waals surface area contributed by atoms with E-state index in [1.54, 1.807) is 10.9 Å². The average Bonchev–Trinajstić information content (AvgIpc) is 2.27. The molecule has 0 bridgehead atoms. The van der Waals surface area contributed by atoms with E-state index in [-0.39, 0.29) is 5.56 Å². The molecule has 0 spiro atoms. The second-order valence-corrected chi connectivity index (χ2v) is 4.70. The Hall–Kier alpha value is -1.68. The number of nitrogens with one attached hydrogen (secondary N) is 1. The highest BCUT2D eigenvalue weighted by atomic mass is 16.1. The molecule has 0 aliphatic carbocycles. The molecule has 1 aliphatic rings. The van der Waals surface area contributed by atoms with Gasteiger partial charge in [0.15, 0.2) is 0 Å². The lowest BCUT2D eigenvalue weighted by molar-refractivity contribution is 0.303. The summed E-state index contributed by atoms with van der Waals surface area (Å²) in [6.45, 7) is 4.74. The lowest BCUT2D eigenvalue weighted by atomic mass is 10.0. The van der Waals surface area contributed by atoms with Gasteiger partial charge in [0.1, 0.15) is 0 Å². The lowest BCUT2D eigenvalue weighted by Crippen LogP contribution is -2.45. The van der Waals surface area contributed by atoms with Gasteiger partial charge in [0, 0.05) is 25.6 Å². The van der Waals surface area contributed by atoms with Crippen LogP contribution < -0.4 is 10.9 Å². The first kappa shape index (κ1) is 10.5.